The molecule has 3 rings (SSSR count). The highest BCUT2D eigenvalue weighted by molar-refractivity contribution is 5.92. The van der Waals surface area contributed by atoms with Gasteiger partial charge in [-0.15, -0.1) is 0 Å². The molecule has 0 unspecified atom stereocenters. The second kappa shape index (κ2) is 8.67. The van der Waals surface area contributed by atoms with Crippen molar-refractivity contribution >= 4 is 5.97 Å². The van der Waals surface area contributed by atoms with Gasteiger partial charge in [-0.25, -0.2) is 4.79 Å². The summed E-state index contributed by atoms with van der Waals surface area (Å²) in [6, 6.07) is 16.5. The molecule has 0 aliphatic heterocycles. The standard InChI is InChI=1S/C23H25NO2/c1-2-5-17-8-12-19(13-9-17)21-6-3-4-7-22(21)23(25)26-20-14-10-18(16-24)11-15-20/h3-4,6-7,10-11,14-15,17,19H,2,5,8-9,12-13H2,1H3. The summed E-state index contributed by atoms with van der Waals surface area (Å²) in [4.78, 5) is 12.7. The Morgan fingerprint density at radius 2 is 1.77 bits per heavy atom. The first-order valence-corrected chi connectivity index (χ1v) is 9.52. The average molecular weight is 347 g/mol. The van der Waals surface area contributed by atoms with Crippen LogP contribution in [0.1, 0.15) is 72.9 Å². The van der Waals surface area contributed by atoms with Gasteiger partial charge in [0.15, 0.2) is 0 Å². The molecule has 0 radical (unpaired) electrons. The van der Waals surface area contributed by atoms with Crippen molar-refractivity contribution in [3.63, 3.8) is 0 Å². The average Bonchev–Trinajstić information content (AvgIpc) is 2.69. The van der Waals surface area contributed by atoms with Gasteiger partial charge in [0, 0.05) is 0 Å². The van der Waals surface area contributed by atoms with Gasteiger partial charge in [-0.1, -0.05) is 38.0 Å². The predicted molar refractivity (Wildman–Crippen MR) is 102 cm³/mol. The number of esters is 1. The van der Waals surface area contributed by atoms with Crippen molar-refractivity contribution in [2.24, 2.45) is 5.92 Å². The lowest BCUT2D eigenvalue weighted by molar-refractivity contribution is 0.0732. The Hall–Kier alpha value is -2.60. The number of hydrogen-bond acceptors (Lipinski definition) is 3. The molecule has 0 saturated heterocycles. The van der Waals surface area contributed by atoms with Crippen molar-refractivity contribution in [1.82, 2.24) is 0 Å². The van der Waals surface area contributed by atoms with E-state index in [1.165, 1.54) is 25.7 Å². The van der Waals surface area contributed by atoms with E-state index < -0.39 is 0 Å². The van der Waals surface area contributed by atoms with Crippen molar-refractivity contribution in [3.05, 3.63) is 65.2 Å². The Morgan fingerprint density at radius 1 is 1.08 bits per heavy atom. The van der Waals surface area contributed by atoms with Crippen LogP contribution in [0, 0.1) is 17.2 Å². The van der Waals surface area contributed by atoms with Crippen LogP contribution in [0.25, 0.3) is 0 Å². The fourth-order valence-corrected chi connectivity index (χ4v) is 3.97. The lowest BCUT2D eigenvalue weighted by Gasteiger charge is -2.29. The quantitative estimate of drug-likeness (QED) is 0.503. The first-order valence-electron chi connectivity index (χ1n) is 9.52. The van der Waals surface area contributed by atoms with Crippen LogP contribution in [0.5, 0.6) is 5.75 Å². The molecule has 0 aromatic heterocycles. The molecule has 0 bridgehead atoms. The lowest BCUT2D eigenvalue weighted by atomic mass is 9.76. The SMILES string of the molecule is CCCC1CCC(c2ccccc2C(=O)Oc2ccc(C#N)cc2)CC1. The Bertz CT molecular complexity index is 781. The van der Waals surface area contributed by atoms with Gasteiger partial charge in [0.2, 0.25) is 0 Å². The van der Waals surface area contributed by atoms with Crippen LogP contribution in [0.3, 0.4) is 0 Å². The third-order valence-electron chi connectivity index (χ3n) is 5.36. The summed E-state index contributed by atoms with van der Waals surface area (Å²) in [5.41, 5.74) is 2.32. The van der Waals surface area contributed by atoms with Crippen LogP contribution in [0.2, 0.25) is 0 Å². The van der Waals surface area contributed by atoms with Crippen molar-refractivity contribution in [1.29, 1.82) is 5.26 Å². The smallest absolute Gasteiger partial charge is 0.343 e. The molecule has 26 heavy (non-hydrogen) atoms. The van der Waals surface area contributed by atoms with E-state index in [1.807, 2.05) is 18.2 Å². The Kier molecular flexibility index (Phi) is 6.07. The molecule has 2 aromatic carbocycles. The predicted octanol–water partition coefficient (Wildman–Crippen LogP) is 5.85. The number of nitrogens with zero attached hydrogens (tertiary/aromatic N) is 1. The normalized spacial score (nSPS) is 19.5. The van der Waals surface area contributed by atoms with Gasteiger partial charge in [0.25, 0.3) is 0 Å². The summed E-state index contributed by atoms with van der Waals surface area (Å²) in [7, 11) is 0. The number of carbonyl (C=O) groups is 1. The first kappa shape index (κ1) is 18.2. The van der Waals surface area contributed by atoms with Crippen LogP contribution >= 0.6 is 0 Å². The van der Waals surface area contributed by atoms with E-state index in [0.29, 0.717) is 22.8 Å². The monoisotopic (exact) mass is 347 g/mol. The molecule has 3 heteroatoms. The van der Waals surface area contributed by atoms with E-state index >= 15 is 0 Å². The van der Waals surface area contributed by atoms with Crippen LogP contribution in [-0.4, -0.2) is 5.97 Å². The second-order valence-corrected chi connectivity index (χ2v) is 7.12. The molecule has 0 atom stereocenters. The van der Waals surface area contributed by atoms with Gasteiger partial charge >= 0.3 is 5.97 Å². The zero-order chi connectivity index (χ0) is 18.4. The minimum Gasteiger partial charge on any atom is -0.423 e. The highest BCUT2D eigenvalue weighted by Gasteiger charge is 2.25. The summed E-state index contributed by atoms with van der Waals surface area (Å²) in [6.07, 6.45) is 7.35. The Labute approximate surface area is 155 Å². The minimum atomic E-state index is -0.319. The maximum Gasteiger partial charge on any atom is 0.343 e. The molecule has 0 N–H and O–H groups in total. The molecule has 134 valence electrons. The highest BCUT2D eigenvalue weighted by Crippen LogP contribution is 2.38. The molecule has 0 heterocycles. The van der Waals surface area contributed by atoms with Crippen molar-refractivity contribution < 1.29 is 9.53 Å². The van der Waals surface area contributed by atoms with Crippen molar-refractivity contribution in [2.75, 3.05) is 0 Å². The van der Waals surface area contributed by atoms with Gasteiger partial charge in [-0.3, -0.25) is 0 Å². The van der Waals surface area contributed by atoms with Gasteiger partial charge in [0.1, 0.15) is 5.75 Å². The minimum absolute atomic E-state index is 0.319. The number of carbonyl (C=O) groups excluding carboxylic acids is 1. The topological polar surface area (TPSA) is 50.1 Å². The van der Waals surface area contributed by atoms with Gasteiger partial charge in [-0.2, -0.15) is 5.26 Å². The molecule has 0 amide bonds. The van der Waals surface area contributed by atoms with E-state index in [9.17, 15) is 4.79 Å². The van der Waals surface area contributed by atoms with Gasteiger partial charge in [0.05, 0.1) is 17.2 Å². The third kappa shape index (κ3) is 4.32. The first-order chi connectivity index (χ1) is 12.7. The molecule has 1 saturated carbocycles. The van der Waals surface area contributed by atoms with Crippen LogP contribution < -0.4 is 4.74 Å². The Balaban J connectivity index is 1.72. The third-order valence-corrected chi connectivity index (χ3v) is 5.36. The number of rotatable bonds is 5. The molecule has 3 nitrogen and oxygen atoms in total. The van der Waals surface area contributed by atoms with E-state index in [2.05, 4.69) is 19.1 Å². The fraction of sp³-hybridized carbons (Fsp3) is 0.391. The van der Waals surface area contributed by atoms with Crippen LogP contribution in [0.4, 0.5) is 0 Å². The van der Waals surface area contributed by atoms with Crippen molar-refractivity contribution in [2.45, 2.75) is 51.4 Å². The summed E-state index contributed by atoms with van der Waals surface area (Å²) in [5.74, 6) is 1.43. The van der Waals surface area contributed by atoms with Crippen LogP contribution in [-0.2, 0) is 0 Å². The zero-order valence-corrected chi connectivity index (χ0v) is 15.3. The van der Waals surface area contributed by atoms with E-state index in [4.69, 9.17) is 10.00 Å². The number of hydrogen-bond donors (Lipinski definition) is 0. The van der Waals surface area contributed by atoms with Gasteiger partial charge < -0.3 is 4.74 Å². The molecule has 2 aromatic rings. The zero-order valence-electron chi connectivity index (χ0n) is 15.3. The summed E-state index contributed by atoms with van der Waals surface area (Å²) < 4.78 is 5.54. The van der Waals surface area contributed by atoms with E-state index in [-0.39, 0.29) is 5.97 Å². The second-order valence-electron chi connectivity index (χ2n) is 7.12. The highest BCUT2D eigenvalue weighted by atomic mass is 16.5. The van der Waals surface area contributed by atoms with E-state index in [0.717, 1.165) is 24.3 Å². The Morgan fingerprint density at radius 3 is 2.42 bits per heavy atom. The molecular formula is C23H25NO2. The maximum absolute atomic E-state index is 12.7. The molecule has 1 fully saturated rings. The van der Waals surface area contributed by atoms with E-state index in [1.54, 1.807) is 24.3 Å². The number of benzene rings is 2. The largest absolute Gasteiger partial charge is 0.423 e. The lowest BCUT2D eigenvalue weighted by Crippen LogP contribution is -2.17. The van der Waals surface area contributed by atoms with Crippen molar-refractivity contribution in [3.8, 4) is 11.8 Å². The van der Waals surface area contributed by atoms with Gasteiger partial charge in [-0.05, 0) is 73.4 Å². The molecule has 1 aliphatic carbocycles. The maximum atomic E-state index is 12.7. The van der Waals surface area contributed by atoms with Crippen LogP contribution in [0.15, 0.2) is 48.5 Å². The fourth-order valence-electron chi connectivity index (χ4n) is 3.97. The summed E-state index contributed by atoms with van der Waals surface area (Å²) in [5, 5.41) is 8.86. The molecular weight excluding hydrogens is 322 g/mol. The number of ether oxygens (including phenoxy) is 1. The summed E-state index contributed by atoms with van der Waals surface area (Å²) in [6.45, 7) is 2.25. The molecule has 1 aliphatic rings. The molecule has 0 spiro atoms. The summed E-state index contributed by atoms with van der Waals surface area (Å²) >= 11 is 0. The number of nitriles is 1.